The van der Waals surface area contributed by atoms with E-state index in [1.54, 1.807) is 24.3 Å². The SMILES string of the molecule is O=C(Oc1c(Br)cc(Br)cc1C=NNC(=O)c1[nH]c2ccccc2c1-c1ccccc1Cl)c1cccc(C(F)(F)F)c1. The second kappa shape index (κ2) is 12.1. The summed E-state index contributed by atoms with van der Waals surface area (Å²) in [6.07, 6.45) is -3.37. The van der Waals surface area contributed by atoms with Crippen LogP contribution in [0.1, 0.15) is 32.0 Å². The van der Waals surface area contributed by atoms with Crippen LogP contribution in [0, 0.1) is 0 Å². The van der Waals surface area contributed by atoms with Gasteiger partial charge in [-0.15, -0.1) is 0 Å². The van der Waals surface area contributed by atoms with Crippen molar-refractivity contribution in [3.05, 3.63) is 121 Å². The molecule has 0 spiro atoms. The molecule has 0 radical (unpaired) electrons. The molecule has 4 aromatic carbocycles. The molecule has 1 aromatic heterocycles. The summed E-state index contributed by atoms with van der Waals surface area (Å²) in [4.78, 5) is 29.2. The van der Waals surface area contributed by atoms with Crippen molar-refractivity contribution in [3.63, 3.8) is 0 Å². The highest BCUT2D eigenvalue weighted by Crippen LogP contribution is 2.37. The van der Waals surface area contributed by atoms with Crippen molar-refractivity contribution >= 4 is 72.5 Å². The van der Waals surface area contributed by atoms with Crippen molar-refractivity contribution in [2.75, 3.05) is 0 Å². The lowest BCUT2D eigenvalue weighted by atomic mass is 10.0. The van der Waals surface area contributed by atoms with E-state index in [0.29, 0.717) is 31.2 Å². The Bertz CT molecular complexity index is 1870. The van der Waals surface area contributed by atoms with Gasteiger partial charge in [-0.2, -0.15) is 18.3 Å². The number of esters is 1. The van der Waals surface area contributed by atoms with Gasteiger partial charge < -0.3 is 9.72 Å². The number of aromatic amines is 1. The molecular weight excluding hydrogens is 703 g/mol. The van der Waals surface area contributed by atoms with Gasteiger partial charge in [-0.3, -0.25) is 4.79 Å². The first-order valence-electron chi connectivity index (χ1n) is 12.1. The van der Waals surface area contributed by atoms with Crippen molar-refractivity contribution in [1.29, 1.82) is 0 Å². The lowest BCUT2D eigenvalue weighted by molar-refractivity contribution is -0.137. The van der Waals surface area contributed by atoms with Crippen LogP contribution in [0.15, 0.2) is 99.0 Å². The van der Waals surface area contributed by atoms with Crippen LogP contribution < -0.4 is 10.2 Å². The van der Waals surface area contributed by atoms with Crippen molar-refractivity contribution in [2.24, 2.45) is 5.10 Å². The van der Waals surface area contributed by atoms with Crippen molar-refractivity contribution < 1.29 is 27.5 Å². The number of hydrogen-bond donors (Lipinski definition) is 2. The zero-order valence-corrected chi connectivity index (χ0v) is 25.0. The fraction of sp³-hybridized carbons (Fsp3) is 0.0333. The fourth-order valence-electron chi connectivity index (χ4n) is 4.23. The Morgan fingerprint density at radius 1 is 0.952 bits per heavy atom. The maximum absolute atomic E-state index is 13.3. The number of halogens is 6. The minimum Gasteiger partial charge on any atom is -0.421 e. The second-order valence-corrected chi connectivity index (χ2v) is 11.1. The lowest BCUT2D eigenvalue weighted by Gasteiger charge is -2.12. The predicted molar refractivity (Wildman–Crippen MR) is 162 cm³/mol. The van der Waals surface area contributed by atoms with Crippen LogP contribution in [0.2, 0.25) is 5.02 Å². The summed E-state index contributed by atoms with van der Waals surface area (Å²) in [7, 11) is 0. The number of amides is 1. The van der Waals surface area contributed by atoms with E-state index in [2.05, 4.69) is 47.4 Å². The van der Waals surface area contributed by atoms with Crippen LogP contribution in [-0.2, 0) is 6.18 Å². The largest absolute Gasteiger partial charge is 0.421 e. The Morgan fingerprint density at radius 2 is 1.69 bits per heavy atom. The summed E-state index contributed by atoms with van der Waals surface area (Å²) >= 11 is 13.1. The molecule has 0 aliphatic rings. The average Bonchev–Trinajstić information content (AvgIpc) is 3.34. The monoisotopic (exact) mass is 717 g/mol. The second-order valence-electron chi connectivity index (χ2n) is 8.87. The van der Waals surface area contributed by atoms with E-state index >= 15 is 0 Å². The van der Waals surface area contributed by atoms with E-state index in [0.717, 1.165) is 23.0 Å². The van der Waals surface area contributed by atoms with Gasteiger partial charge in [0.15, 0.2) is 5.75 Å². The molecule has 0 bridgehead atoms. The van der Waals surface area contributed by atoms with Crippen LogP contribution in [0.25, 0.3) is 22.0 Å². The number of ether oxygens (including phenoxy) is 1. The van der Waals surface area contributed by atoms with Crippen LogP contribution in [0.4, 0.5) is 13.2 Å². The highest BCUT2D eigenvalue weighted by Gasteiger charge is 2.31. The van der Waals surface area contributed by atoms with Crippen LogP contribution >= 0.6 is 43.5 Å². The van der Waals surface area contributed by atoms with E-state index in [4.69, 9.17) is 16.3 Å². The Balaban J connectivity index is 1.43. The number of nitrogens with one attached hydrogen (secondary N) is 2. The third kappa shape index (κ3) is 6.28. The molecule has 0 aliphatic carbocycles. The maximum Gasteiger partial charge on any atom is 0.416 e. The van der Waals surface area contributed by atoms with Gasteiger partial charge in [-0.05, 0) is 58.4 Å². The predicted octanol–water partition coefficient (Wildman–Crippen LogP) is 9.02. The standard InChI is InChI=1S/C30H17Br2ClF3N3O3/c31-19-13-17(27(22(32)14-19)42-29(41)16-6-5-7-18(12-16)30(34,35)36)15-37-39-28(40)26-25(20-8-1-3-10-23(20)33)21-9-2-4-11-24(21)38-26/h1-15,38H,(H,39,40). The number of H-pyrrole nitrogens is 1. The van der Waals surface area contributed by atoms with Gasteiger partial charge in [0.1, 0.15) is 5.69 Å². The number of rotatable bonds is 6. The zero-order valence-electron chi connectivity index (χ0n) is 21.1. The van der Waals surface area contributed by atoms with Crippen molar-refractivity contribution in [2.45, 2.75) is 6.18 Å². The minimum atomic E-state index is -4.62. The van der Waals surface area contributed by atoms with E-state index in [9.17, 15) is 22.8 Å². The summed E-state index contributed by atoms with van der Waals surface area (Å²) in [5.41, 5.74) is 3.66. The minimum absolute atomic E-state index is 0.0130. The van der Waals surface area contributed by atoms with Gasteiger partial charge in [0.2, 0.25) is 0 Å². The van der Waals surface area contributed by atoms with Gasteiger partial charge in [0.05, 0.1) is 21.8 Å². The molecule has 5 rings (SSSR count). The summed E-state index contributed by atoms with van der Waals surface area (Å²) in [5, 5.41) is 5.31. The molecule has 0 saturated heterocycles. The Morgan fingerprint density at radius 3 is 2.45 bits per heavy atom. The first kappa shape index (κ1) is 29.6. The zero-order chi connectivity index (χ0) is 30.0. The van der Waals surface area contributed by atoms with Gasteiger partial charge in [0.25, 0.3) is 5.91 Å². The molecule has 0 fully saturated rings. The number of aromatic nitrogens is 1. The van der Waals surface area contributed by atoms with Crippen molar-refractivity contribution in [3.8, 4) is 16.9 Å². The molecular formula is C30H17Br2ClF3N3O3. The first-order chi connectivity index (χ1) is 20.0. The van der Waals surface area contributed by atoms with Gasteiger partial charge in [0, 0.05) is 37.1 Å². The molecule has 0 saturated carbocycles. The van der Waals surface area contributed by atoms with E-state index in [1.807, 2.05) is 36.4 Å². The molecule has 6 nitrogen and oxygen atoms in total. The molecule has 0 aliphatic heterocycles. The average molecular weight is 720 g/mol. The highest BCUT2D eigenvalue weighted by molar-refractivity contribution is 9.11. The topological polar surface area (TPSA) is 83.5 Å². The molecule has 2 N–H and O–H groups in total. The van der Waals surface area contributed by atoms with Gasteiger partial charge in [-0.1, -0.05) is 70.0 Å². The van der Waals surface area contributed by atoms with Gasteiger partial charge in [-0.25, -0.2) is 10.2 Å². The smallest absolute Gasteiger partial charge is 0.416 e. The molecule has 5 aromatic rings. The highest BCUT2D eigenvalue weighted by atomic mass is 79.9. The summed E-state index contributed by atoms with van der Waals surface area (Å²) < 4.78 is 45.8. The maximum atomic E-state index is 13.3. The molecule has 12 heteroatoms. The Labute approximate surface area is 258 Å². The molecule has 0 unspecified atom stereocenters. The third-order valence-corrected chi connectivity index (χ3v) is 7.48. The van der Waals surface area contributed by atoms with Crippen LogP contribution in [0.5, 0.6) is 5.75 Å². The molecule has 1 amide bonds. The van der Waals surface area contributed by atoms with E-state index in [1.165, 1.54) is 12.3 Å². The number of hydrazone groups is 1. The molecule has 42 heavy (non-hydrogen) atoms. The number of alkyl halides is 3. The fourth-order valence-corrected chi connectivity index (χ4v) is 5.80. The lowest BCUT2D eigenvalue weighted by Crippen LogP contribution is -2.19. The van der Waals surface area contributed by atoms with E-state index < -0.39 is 23.6 Å². The van der Waals surface area contributed by atoms with Crippen LogP contribution in [-0.4, -0.2) is 23.1 Å². The Kier molecular flexibility index (Phi) is 8.53. The third-order valence-electron chi connectivity index (χ3n) is 6.10. The number of nitrogens with zero attached hydrogens (tertiary/aromatic N) is 1. The number of carbonyl (C=O) groups excluding carboxylic acids is 2. The number of para-hydroxylation sites is 1. The quantitative estimate of drug-likeness (QED) is 0.0796. The first-order valence-corrected chi connectivity index (χ1v) is 14.1. The van der Waals surface area contributed by atoms with Crippen LogP contribution in [0.3, 0.4) is 0 Å². The number of carbonyl (C=O) groups is 2. The number of fused-ring (bicyclic) bond motifs is 1. The molecule has 0 atom stereocenters. The number of benzene rings is 4. The molecule has 212 valence electrons. The summed E-state index contributed by atoms with van der Waals surface area (Å²) in [6.45, 7) is 0. The Hall–Kier alpha value is -3.93. The van der Waals surface area contributed by atoms with E-state index in [-0.39, 0.29) is 22.6 Å². The normalized spacial score (nSPS) is 11.7. The number of hydrogen-bond acceptors (Lipinski definition) is 4. The van der Waals surface area contributed by atoms with Crippen molar-refractivity contribution in [1.82, 2.24) is 10.4 Å². The summed E-state index contributed by atoms with van der Waals surface area (Å²) in [6, 6.07) is 21.6. The molecule has 1 heterocycles. The van der Waals surface area contributed by atoms with Gasteiger partial charge >= 0.3 is 12.1 Å². The summed E-state index contributed by atoms with van der Waals surface area (Å²) in [5.74, 6) is -1.58.